The SMILES string of the molecule is COc1ccc(Cn2ncc3c4c(cnc32)CCCc2ccccc2-4)cc1. The van der Waals surface area contributed by atoms with Gasteiger partial charge >= 0.3 is 0 Å². The first kappa shape index (κ1) is 16.1. The van der Waals surface area contributed by atoms with Crippen LogP contribution in [0.5, 0.6) is 5.75 Å². The van der Waals surface area contributed by atoms with Gasteiger partial charge in [0, 0.05) is 11.6 Å². The minimum atomic E-state index is 0.695. The largest absolute Gasteiger partial charge is 0.497 e. The highest BCUT2D eigenvalue weighted by Crippen LogP contribution is 2.37. The van der Waals surface area contributed by atoms with E-state index in [1.807, 2.05) is 29.2 Å². The van der Waals surface area contributed by atoms with E-state index < -0.39 is 0 Å². The van der Waals surface area contributed by atoms with E-state index in [2.05, 4.69) is 41.5 Å². The summed E-state index contributed by atoms with van der Waals surface area (Å²) in [6, 6.07) is 16.9. The Morgan fingerprint density at radius 1 is 0.963 bits per heavy atom. The number of ether oxygens (including phenoxy) is 1. The molecule has 4 aromatic rings. The highest BCUT2D eigenvalue weighted by molar-refractivity contribution is 5.95. The quantitative estimate of drug-likeness (QED) is 0.537. The van der Waals surface area contributed by atoms with Crippen LogP contribution in [0.1, 0.15) is 23.1 Å². The fourth-order valence-corrected chi connectivity index (χ4v) is 4.05. The van der Waals surface area contributed by atoms with Crippen molar-refractivity contribution in [1.29, 1.82) is 0 Å². The molecule has 0 aliphatic heterocycles. The van der Waals surface area contributed by atoms with Gasteiger partial charge < -0.3 is 4.74 Å². The van der Waals surface area contributed by atoms with Gasteiger partial charge in [-0.1, -0.05) is 36.4 Å². The molecule has 0 atom stereocenters. The Bertz CT molecular complexity index is 1110. The molecule has 134 valence electrons. The molecule has 0 unspecified atom stereocenters. The van der Waals surface area contributed by atoms with E-state index in [0.29, 0.717) is 6.54 Å². The normalized spacial score (nSPS) is 13.1. The van der Waals surface area contributed by atoms with Crippen LogP contribution < -0.4 is 4.74 Å². The minimum Gasteiger partial charge on any atom is -0.497 e. The molecule has 2 aromatic carbocycles. The molecule has 0 saturated heterocycles. The average Bonchev–Trinajstić information content (AvgIpc) is 3.01. The fourth-order valence-electron chi connectivity index (χ4n) is 4.05. The Morgan fingerprint density at radius 3 is 2.63 bits per heavy atom. The minimum absolute atomic E-state index is 0.695. The summed E-state index contributed by atoms with van der Waals surface area (Å²) in [6.45, 7) is 0.695. The summed E-state index contributed by atoms with van der Waals surface area (Å²) in [5.41, 5.74) is 7.53. The molecule has 2 heterocycles. The summed E-state index contributed by atoms with van der Waals surface area (Å²) in [5.74, 6) is 0.865. The van der Waals surface area contributed by atoms with Gasteiger partial charge in [0.2, 0.25) is 0 Å². The van der Waals surface area contributed by atoms with Crippen molar-refractivity contribution in [2.24, 2.45) is 0 Å². The molecule has 0 saturated carbocycles. The van der Waals surface area contributed by atoms with Crippen molar-refractivity contribution in [1.82, 2.24) is 14.8 Å². The van der Waals surface area contributed by atoms with Crippen LogP contribution in [0, 0.1) is 0 Å². The molecular weight excluding hydrogens is 334 g/mol. The first-order chi connectivity index (χ1) is 13.3. The van der Waals surface area contributed by atoms with Crippen molar-refractivity contribution in [2.45, 2.75) is 25.8 Å². The maximum atomic E-state index is 5.25. The standard InChI is InChI=1S/C23H21N3O/c1-27-19-11-9-16(10-12-19)15-26-23-21(14-25-26)22-18(13-24-23)7-4-6-17-5-2-3-8-20(17)22/h2-3,5,8-14H,4,6-7,15H2,1H3. The molecule has 4 nitrogen and oxygen atoms in total. The molecule has 0 radical (unpaired) electrons. The molecule has 1 aliphatic rings. The molecule has 5 rings (SSSR count). The lowest BCUT2D eigenvalue weighted by atomic mass is 9.96. The molecule has 0 N–H and O–H groups in total. The third-order valence-corrected chi connectivity index (χ3v) is 5.42. The van der Waals surface area contributed by atoms with Crippen LogP contribution in [0.4, 0.5) is 0 Å². The molecule has 0 fully saturated rings. The number of pyridine rings is 1. The zero-order chi connectivity index (χ0) is 18.2. The topological polar surface area (TPSA) is 39.9 Å². The third kappa shape index (κ3) is 2.78. The van der Waals surface area contributed by atoms with Gasteiger partial charge in [0.1, 0.15) is 5.75 Å². The Kier molecular flexibility index (Phi) is 3.89. The van der Waals surface area contributed by atoms with Gasteiger partial charge in [0.05, 0.1) is 19.9 Å². The van der Waals surface area contributed by atoms with Crippen molar-refractivity contribution in [3.05, 3.63) is 77.6 Å². The van der Waals surface area contributed by atoms with Crippen molar-refractivity contribution >= 4 is 11.0 Å². The number of aryl methyl sites for hydroxylation is 2. The third-order valence-electron chi connectivity index (χ3n) is 5.42. The Morgan fingerprint density at radius 2 is 1.78 bits per heavy atom. The Labute approximate surface area is 158 Å². The average molecular weight is 355 g/mol. The molecule has 27 heavy (non-hydrogen) atoms. The maximum Gasteiger partial charge on any atom is 0.158 e. The molecule has 0 spiro atoms. The van der Waals surface area contributed by atoms with Crippen molar-refractivity contribution < 1.29 is 4.74 Å². The number of fused-ring (bicyclic) bond motifs is 5. The zero-order valence-corrected chi connectivity index (χ0v) is 15.4. The lowest BCUT2D eigenvalue weighted by Gasteiger charge is -2.11. The van der Waals surface area contributed by atoms with Crippen molar-refractivity contribution in [3.63, 3.8) is 0 Å². The first-order valence-corrected chi connectivity index (χ1v) is 9.38. The second kappa shape index (κ2) is 6.54. The van der Waals surface area contributed by atoms with Crippen LogP contribution in [-0.4, -0.2) is 21.9 Å². The predicted molar refractivity (Wildman–Crippen MR) is 107 cm³/mol. The Hall–Kier alpha value is -3.14. The van der Waals surface area contributed by atoms with E-state index in [4.69, 9.17) is 9.72 Å². The number of nitrogens with zero attached hydrogens (tertiary/aromatic N) is 3. The van der Waals surface area contributed by atoms with E-state index in [9.17, 15) is 0 Å². The van der Waals surface area contributed by atoms with Gasteiger partial charge in [-0.2, -0.15) is 5.10 Å². The van der Waals surface area contributed by atoms with E-state index in [1.165, 1.54) is 27.8 Å². The van der Waals surface area contributed by atoms with E-state index in [1.54, 1.807) is 7.11 Å². The van der Waals surface area contributed by atoms with Gasteiger partial charge in [0.25, 0.3) is 0 Å². The van der Waals surface area contributed by atoms with Gasteiger partial charge in [-0.25, -0.2) is 9.67 Å². The number of benzene rings is 2. The maximum absolute atomic E-state index is 5.25. The van der Waals surface area contributed by atoms with Crippen LogP contribution >= 0.6 is 0 Å². The molecule has 0 amide bonds. The summed E-state index contributed by atoms with van der Waals surface area (Å²) < 4.78 is 7.24. The highest BCUT2D eigenvalue weighted by Gasteiger charge is 2.19. The zero-order valence-electron chi connectivity index (χ0n) is 15.4. The second-order valence-corrected chi connectivity index (χ2v) is 7.06. The lowest BCUT2D eigenvalue weighted by Crippen LogP contribution is -2.03. The summed E-state index contributed by atoms with van der Waals surface area (Å²) >= 11 is 0. The highest BCUT2D eigenvalue weighted by atomic mass is 16.5. The van der Waals surface area contributed by atoms with E-state index in [-0.39, 0.29) is 0 Å². The summed E-state index contributed by atoms with van der Waals surface area (Å²) in [7, 11) is 1.68. The summed E-state index contributed by atoms with van der Waals surface area (Å²) in [4.78, 5) is 4.77. The molecule has 0 bridgehead atoms. The van der Waals surface area contributed by atoms with Gasteiger partial charge in [-0.05, 0) is 59.2 Å². The van der Waals surface area contributed by atoms with Crippen LogP contribution in [0.2, 0.25) is 0 Å². The lowest BCUT2D eigenvalue weighted by molar-refractivity contribution is 0.414. The van der Waals surface area contributed by atoms with Gasteiger partial charge in [0.15, 0.2) is 5.65 Å². The summed E-state index contributed by atoms with van der Waals surface area (Å²) in [5, 5.41) is 5.82. The number of hydrogen-bond donors (Lipinski definition) is 0. The van der Waals surface area contributed by atoms with Crippen molar-refractivity contribution in [2.75, 3.05) is 7.11 Å². The number of methoxy groups -OCH3 is 1. The van der Waals surface area contributed by atoms with E-state index >= 15 is 0 Å². The number of hydrogen-bond acceptors (Lipinski definition) is 3. The number of aromatic nitrogens is 3. The van der Waals surface area contributed by atoms with E-state index in [0.717, 1.165) is 36.0 Å². The molecule has 1 aliphatic carbocycles. The monoisotopic (exact) mass is 355 g/mol. The molecule has 2 aromatic heterocycles. The fraction of sp³-hybridized carbons (Fsp3) is 0.217. The smallest absolute Gasteiger partial charge is 0.158 e. The van der Waals surface area contributed by atoms with Crippen LogP contribution in [-0.2, 0) is 19.4 Å². The molecule has 4 heteroatoms. The second-order valence-electron chi connectivity index (χ2n) is 7.06. The van der Waals surface area contributed by atoms with Crippen LogP contribution in [0.3, 0.4) is 0 Å². The van der Waals surface area contributed by atoms with Crippen molar-refractivity contribution in [3.8, 4) is 16.9 Å². The number of rotatable bonds is 3. The summed E-state index contributed by atoms with van der Waals surface area (Å²) in [6.07, 6.45) is 7.37. The van der Waals surface area contributed by atoms with Crippen LogP contribution in [0.25, 0.3) is 22.2 Å². The van der Waals surface area contributed by atoms with Gasteiger partial charge in [-0.3, -0.25) is 0 Å². The Balaban J connectivity index is 1.62. The molecular formula is C23H21N3O. The van der Waals surface area contributed by atoms with Crippen LogP contribution in [0.15, 0.2) is 60.9 Å². The predicted octanol–water partition coefficient (Wildman–Crippen LogP) is 4.64. The van der Waals surface area contributed by atoms with Gasteiger partial charge in [-0.15, -0.1) is 0 Å². The first-order valence-electron chi connectivity index (χ1n) is 9.38.